The fraction of sp³-hybridized carbons (Fsp3) is 0.250. The third-order valence-electron chi connectivity index (χ3n) is 2.50. The van der Waals surface area contributed by atoms with Crippen molar-refractivity contribution in [2.24, 2.45) is 0 Å². The summed E-state index contributed by atoms with van der Waals surface area (Å²) in [6.45, 7) is 0. The van der Waals surface area contributed by atoms with Crippen molar-refractivity contribution in [3.8, 4) is 17.2 Å². The van der Waals surface area contributed by atoms with Gasteiger partial charge < -0.3 is 18.6 Å². The van der Waals surface area contributed by atoms with Crippen LogP contribution in [0.1, 0.15) is 0 Å². The highest BCUT2D eigenvalue weighted by Gasteiger charge is 2.17. The maximum atomic E-state index is 11.6. The average molecular weight is 236 g/mol. The van der Waals surface area contributed by atoms with Gasteiger partial charge in [0.2, 0.25) is 5.75 Å². The lowest BCUT2D eigenvalue weighted by Gasteiger charge is -2.13. The van der Waals surface area contributed by atoms with E-state index in [1.807, 2.05) is 0 Å². The van der Waals surface area contributed by atoms with Crippen molar-refractivity contribution in [3.05, 3.63) is 28.8 Å². The molecule has 17 heavy (non-hydrogen) atoms. The summed E-state index contributed by atoms with van der Waals surface area (Å²) in [5.74, 6) is 1.33. The van der Waals surface area contributed by atoms with Crippen LogP contribution in [0.5, 0.6) is 17.2 Å². The number of fused-ring (bicyclic) bond motifs is 1. The molecule has 0 amide bonds. The van der Waals surface area contributed by atoms with E-state index in [1.54, 1.807) is 12.1 Å². The van der Waals surface area contributed by atoms with Crippen LogP contribution >= 0.6 is 0 Å². The van der Waals surface area contributed by atoms with Gasteiger partial charge in [-0.05, 0) is 12.1 Å². The molecular formula is C12H12O5. The first-order valence-corrected chi connectivity index (χ1v) is 4.93. The minimum Gasteiger partial charge on any atom is -0.493 e. The van der Waals surface area contributed by atoms with Crippen molar-refractivity contribution in [1.29, 1.82) is 0 Å². The third-order valence-corrected chi connectivity index (χ3v) is 2.50. The lowest BCUT2D eigenvalue weighted by atomic mass is 10.1. The number of ether oxygens (including phenoxy) is 3. The van der Waals surface area contributed by atoms with Crippen molar-refractivity contribution >= 4 is 10.8 Å². The molecular weight excluding hydrogens is 224 g/mol. The van der Waals surface area contributed by atoms with Crippen LogP contribution in [0, 0.1) is 0 Å². The molecule has 5 nitrogen and oxygen atoms in total. The molecule has 90 valence electrons. The Morgan fingerprint density at radius 2 is 1.71 bits per heavy atom. The highest BCUT2D eigenvalue weighted by molar-refractivity contribution is 5.92. The van der Waals surface area contributed by atoms with Crippen molar-refractivity contribution in [1.82, 2.24) is 0 Å². The Morgan fingerprint density at radius 3 is 2.29 bits per heavy atom. The molecule has 0 unspecified atom stereocenters. The van der Waals surface area contributed by atoms with Gasteiger partial charge in [0, 0.05) is 5.39 Å². The quantitative estimate of drug-likeness (QED) is 0.813. The van der Waals surface area contributed by atoms with E-state index in [0.717, 1.165) is 0 Å². The number of methoxy groups -OCH3 is 3. The molecule has 5 heteroatoms. The molecule has 2 aromatic rings. The highest BCUT2D eigenvalue weighted by atomic mass is 16.5. The number of hydrogen-bond donors (Lipinski definition) is 0. The Hall–Kier alpha value is -2.17. The summed E-state index contributed by atoms with van der Waals surface area (Å²) in [5.41, 5.74) is -0.443. The van der Waals surface area contributed by atoms with Crippen molar-refractivity contribution < 1.29 is 18.6 Å². The smallest absolute Gasteiger partial charge is 0.343 e. The first-order chi connectivity index (χ1) is 8.22. The Labute approximate surface area is 97.5 Å². The monoisotopic (exact) mass is 236 g/mol. The van der Waals surface area contributed by atoms with E-state index in [1.165, 1.54) is 27.6 Å². The van der Waals surface area contributed by atoms with Crippen molar-refractivity contribution in [3.63, 3.8) is 0 Å². The predicted octanol–water partition coefficient (Wildman–Crippen LogP) is 1.82. The molecule has 1 heterocycles. The zero-order chi connectivity index (χ0) is 12.4. The van der Waals surface area contributed by atoms with Crippen LogP contribution in [-0.2, 0) is 0 Å². The molecule has 0 atom stereocenters. The van der Waals surface area contributed by atoms with Gasteiger partial charge in [-0.25, -0.2) is 4.79 Å². The zero-order valence-electron chi connectivity index (χ0n) is 9.77. The van der Waals surface area contributed by atoms with Crippen LogP contribution in [0.3, 0.4) is 0 Å². The number of benzene rings is 1. The molecule has 0 aliphatic rings. The molecule has 0 aliphatic heterocycles. The summed E-state index contributed by atoms with van der Waals surface area (Å²) in [7, 11) is 4.51. The summed E-state index contributed by atoms with van der Waals surface area (Å²) >= 11 is 0. The summed E-state index contributed by atoms with van der Waals surface area (Å²) < 4.78 is 20.4. The zero-order valence-corrected chi connectivity index (χ0v) is 9.77. The second-order valence-electron chi connectivity index (χ2n) is 3.31. The molecule has 0 radical (unpaired) electrons. The molecule has 1 aromatic carbocycles. The summed E-state index contributed by atoms with van der Waals surface area (Å²) in [6, 6.07) is 3.22. The standard InChI is InChI=1S/C12H12O5/c1-14-9-6-8-7(4-5-17-12(8)13)10(15-2)11(9)16-3/h4-6H,1-3H3. The average Bonchev–Trinajstić information content (AvgIpc) is 2.36. The molecule has 1 aromatic heterocycles. The van der Waals surface area contributed by atoms with Crippen molar-refractivity contribution in [2.75, 3.05) is 21.3 Å². The van der Waals surface area contributed by atoms with Crippen LogP contribution in [0.2, 0.25) is 0 Å². The Morgan fingerprint density at radius 1 is 1.00 bits per heavy atom. The van der Waals surface area contributed by atoms with E-state index in [0.29, 0.717) is 28.0 Å². The molecule has 0 aliphatic carbocycles. The van der Waals surface area contributed by atoms with Gasteiger partial charge in [0.1, 0.15) is 0 Å². The SMILES string of the molecule is COc1cc2c(=O)occc2c(OC)c1OC. The van der Waals surface area contributed by atoms with Crippen molar-refractivity contribution in [2.45, 2.75) is 0 Å². The molecule has 0 bridgehead atoms. The van der Waals surface area contributed by atoms with Crippen LogP contribution in [0.15, 0.2) is 27.6 Å². The Kier molecular flexibility index (Phi) is 2.91. The van der Waals surface area contributed by atoms with E-state index in [-0.39, 0.29) is 0 Å². The predicted molar refractivity (Wildman–Crippen MR) is 62.1 cm³/mol. The van der Waals surface area contributed by atoms with Crippen LogP contribution in [0.4, 0.5) is 0 Å². The lowest BCUT2D eigenvalue weighted by molar-refractivity contribution is 0.327. The normalized spacial score (nSPS) is 10.3. The van der Waals surface area contributed by atoms with Gasteiger partial charge in [-0.3, -0.25) is 0 Å². The number of hydrogen-bond acceptors (Lipinski definition) is 5. The first kappa shape index (κ1) is 11.3. The summed E-state index contributed by atoms with van der Waals surface area (Å²) in [4.78, 5) is 11.6. The van der Waals surface area contributed by atoms with E-state index >= 15 is 0 Å². The molecule has 0 N–H and O–H groups in total. The third kappa shape index (κ3) is 1.69. The maximum absolute atomic E-state index is 11.6. The van der Waals surface area contributed by atoms with Crippen LogP contribution in [-0.4, -0.2) is 21.3 Å². The van der Waals surface area contributed by atoms with Crippen LogP contribution < -0.4 is 19.8 Å². The van der Waals surface area contributed by atoms with Gasteiger partial charge in [0.15, 0.2) is 11.5 Å². The van der Waals surface area contributed by atoms with Gasteiger partial charge in [-0.2, -0.15) is 0 Å². The first-order valence-electron chi connectivity index (χ1n) is 4.93. The van der Waals surface area contributed by atoms with Crippen LogP contribution in [0.25, 0.3) is 10.8 Å². The minimum absolute atomic E-state index is 0.391. The minimum atomic E-state index is -0.443. The fourth-order valence-electron chi connectivity index (χ4n) is 1.74. The topological polar surface area (TPSA) is 57.9 Å². The van der Waals surface area contributed by atoms with E-state index in [4.69, 9.17) is 18.6 Å². The van der Waals surface area contributed by atoms with Gasteiger partial charge in [-0.15, -0.1) is 0 Å². The summed E-state index contributed by atoms with van der Waals surface area (Å²) in [6.07, 6.45) is 1.32. The molecule has 0 fully saturated rings. The van der Waals surface area contributed by atoms with Gasteiger partial charge in [-0.1, -0.05) is 0 Å². The molecule has 0 saturated carbocycles. The van der Waals surface area contributed by atoms with E-state index in [2.05, 4.69) is 0 Å². The maximum Gasteiger partial charge on any atom is 0.343 e. The van der Waals surface area contributed by atoms with E-state index < -0.39 is 5.63 Å². The van der Waals surface area contributed by atoms with Gasteiger partial charge >= 0.3 is 5.63 Å². The fourth-order valence-corrected chi connectivity index (χ4v) is 1.74. The Balaban J connectivity index is 2.94. The Bertz CT molecular complexity index is 600. The molecule has 0 spiro atoms. The van der Waals surface area contributed by atoms with Gasteiger partial charge in [0.25, 0.3) is 0 Å². The molecule has 2 rings (SSSR count). The second-order valence-corrected chi connectivity index (χ2v) is 3.31. The number of rotatable bonds is 3. The second kappa shape index (κ2) is 4.37. The summed E-state index contributed by atoms with van der Waals surface area (Å²) in [5, 5.41) is 1.02. The van der Waals surface area contributed by atoms with Gasteiger partial charge in [0.05, 0.1) is 33.0 Å². The molecule has 0 saturated heterocycles. The van der Waals surface area contributed by atoms with E-state index in [9.17, 15) is 4.79 Å². The highest BCUT2D eigenvalue weighted by Crippen LogP contribution is 2.42. The lowest BCUT2D eigenvalue weighted by Crippen LogP contribution is -2.02. The largest absolute Gasteiger partial charge is 0.493 e.